The second kappa shape index (κ2) is 4.14. The molecule has 2 aromatic rings. The standard InChI is InChI=1S/C11H9ClINO/c1-6-5-14-11-8(10(6)12)3-7(13)4-9(11)15-2/h3-5H,1-2H3. The lowest BCUT2D eigenvalue weighted by molar-refractivity contribution is 0.418. The van der Waals surface area contributed by atoms with Gasteiger partial charge >= 0.3 is 0 Å². The predicted octanol–water partition coefficient (Wildman–Crippen LogP) is 3.81. The van der Waals surface area contributed by atoms with E-state index in [0.717, 1.165) is 30.8 Å². The molecular weight excluding hydrogens is 324 g/mol. The van der Waals surface area contributed by atoms with Crippen LogP contribution in [-0.4, -0.2) is 12.1 Å². The van der Waals surface area contributed by atoms with Crippen LogP contribution in [0, 0.1) is 10.5 Å². The smallest absolute Gasteiger partial charge is 0.146 e. The Morgan fingerprint density at radius 3 is 2.80 bits per heavy atom. The first-order valence-corrected chi connectivity index (χ1v) is 5.87. The number of fused-ring (bicyclic) bond motifs is 1. The van der Waals surface area contributed by atoms with Crippen molar-refractivity contribution in [2.75, 3.05) is 7.11 Å². The van der Waals surface area contributed by atoms with E-state index < -0.39 is 0 Å². The Morgan fingerprint density at radius 1 is 1.40 bits per heavy atom. The van der Waals surface area contributed by atoms with E-state index >= 15 is 0 Å². The van der Waals surface area contributed by atoms with Crippen LogP contribution < -0.4 is 4.74 Å². The lowest BCUT2D eigenvalue weighted by Crippen LogP contribution is -1.91. The fraction of sp³-hybridized carbons (Fsp3) is 0.182. The van der Waals surface area contributed by atoms with Gasteiger partial charge in [0, 0.05) is 15.2 Å². The normalized spacial score (nSPS) is 10.7. The quantitative estimate of drug-likeness (QED) is 0.740. The summed E-state index contributed by atoms with van der Waals surface area (Å²) in [6.45, 7) is 1.95. The topological polar surface area (TPSA) is 22.1 Å². The average Bonchev–Trinajstić information content (AvgIpc) is 2.23. The molecule has 0 atom stereocenters. The Morgan fingerprint density at radius 2 is 2.13 bits per heavy atom. The molecule has 0 fully saturated rings. The molecule has 0 N–H and O–H groups in total. The third kappa shape index (κ3) is 1.90. The summed E-state index contributed by atoms with van der Waals surface area (Å²) in [6, 6.07) is 3.96. The van der Waals surface area contributed by atoms with Gasteiger partial charge in [0.25, 0.3) is 0 Å². The van der Waals surface area contributed by atoms with Gasteiger partial charge in [-0.1, -0.05) is 11.6 Å². The fourth-order valence-electron chi connectivity index (χ4n) is 1.46. The number of aryl methyl sites for hydroxylation is 1. The van der Waals surface area contributed by atoms with Crippen molar-refractivity contribution in [3.8, 4) is 5.75 Å². The average molecular weight is 334 g/mol. The third-order valence-electron chi connectivity index (χ3n) is 2.23. The number of nitrogens with zero attached hydrogens (tertiary/aromatic N) is 1. The van der Waals surface area contributed by atoms with E-state index in [9.17, 15) is 0 Å². The maximum atomic E-state index is 6.23. The third-order valence-corrected chi connectivity index (χ3v) is 3.35. The Labute approximate surface area is 107 Å². The molecule has 0 spiro atoms. The van der Waals surface area contributed by atoms with E-state index in [1.165, 1.54) is 0 Å². The van der Waals surface area contributed by atoms with Gasteiger partial charge in [-0.05, 0) is 47.2 Å². The zero-order valence-corrected chi connectivity index (χ0v) is 11.3. The molecule has 0 saturated heterocycles. The van der Waals surface area contributed by atoms with Gasteiger partial charge in [-0.3, -0.25) is 4.98 Å². The van der Waals surface area contributed by atoms with Crippen LogP contribution in [0.2, 0.25) is 5.02 Å². The molecule has 2 rings (SSSR count). The number of methoxy groups -OCH3 is 1. The molecule has 1 aromatic heterocycles. The van der Waals surface area contributed by atoms with Crippen LogP contribution in [0.15, 0.2) is 18.3 Å². The minimum atomic E-state index is 0.747. The number of hydrogen-bond donors (Lipinski definition) is 0. The molecule has 0 aliphatic carbocycles. The number of rotatable bonds is 1. The van der Waals surface area contributed by atoms with Crippen LogP contribution in [0.25, 0.3) is 10.9 Å². The van der Waals surface area contributed by atoms with Crippen LogP contribution in [-0.2, 0) is 0 Å². The molecule has 2 nitrogen and oxygen atoms in total. The molecule has 4 heteroatoms. The summed E-state index contributed by atoms with van der Waals surface area (Å²) in [5.41, 5.74) is 1.79. The van der Waals surface area contributed by atoms with E-state index in [4.69, 9.17) is 16.3 Å². The summed E-state index contributed by atoms with van der Waals surface area (Å²) < 4.78 is 6.37. The van der Waals surface area contributed by atoms with Gasteiger partial charge in [-0.2, -0.15) is 0 Å². The van der Waals surface area contributed by atoms with Crippen molar-refractivity contribution in [3.05, 3.63) is 32.5 Å². The van der Waals surface area contributed by atoms with Crippen molar-refractivity contribution in [3.63, 3.8) is 0 Å². The summed E-state index contributed by atoms with van der Waals surface area (Å²) in [5, 5.41) is 1.69. The maximum absolute atomic E-state index is 6.23. The van der Waals surface area contributed by atoms with Gasteiger partial charge in [0.15, 0.2) is 0 Å². The first-order valence-electron chi connectivity index (χ1n) is 4.42. The van der Waals surface area contributed by atoms with E-state index in [0.29, 0.717) is 0 Å². The molecule has 0 saturated carbocycles. The molecule has 78 valence electrons. The maximum Gasteiger partial charge on any atom is 0.146 e. The summed E-state index contributed by atoms with van der Waals surface area (Å²) in [7, 11) is 1.64. The van der Waals surface area contributed by atoms with Crippen molar-refractivity contribution < 1.29 is 4.74 Å². The fourth-order valence-corrected chi connectivity index (χ4v) is 2.25. The first kappa shape index (κ1) is 11.0. The molecule has 0 amide bonds. The highest BCUT2D eigenvalue weighted by Gasteiger charge is 2.09. The van der Waals surface area contributed by atoms with Gasteiger partial charge in [-0.25, -0.2) is 0 Å². The van der Waals surface area contributed by atoms with Crippen LogP contribution >= 0.6 is 34.2 Å². The van der Waals surface area contributed by atoms with Crippen molar-refractivity contribution in [2.24, 2.45) is 0 Å². The Kier molecular flexibility index (Phi) is 3.02. The van der Waals surface area contributed by atoms with Crippen LogP contribution in [0.5, 0.6) is 5.75 Å². The monoisotopic (exact) mass is 333 g/mol. The summed E-state index contributed by atoms with van der Waals surface area (Å²) in [4.78, 5) is 4.34. The minimum absolute atomic E-state index is 0.747. The number of halogens is 2. The van der Waals surface area contributed by atoms with Crippen molar-refractivity contribution in [1.82, 2.24) is 4.98 Å². The predicted molar refractivity (Wildman–Crippen MR) is 70.8 cm³/mol. The van der Waals surface area contributed by atoms with Crippen molar-refractivity contribution in [1.29, 1.82) is 0 Å². The molecule has 0 unspecified atom stereocenters. The van der Waals surface area contributed by atoms with Gasteiger partial charge < -0.3 is 4.74 Å². The number of hydrogen-bond acceptors (Lipinski definition) is 2. The zero-order valence-electron chi connectivity index (χ0n) is 8.34. The molecule has 0 aliphatic heterocycles. The van der Waals surface area contributed by atoms with E-state index in [-0.39, 0.29) is 0 Å². The highest BCUT2D eigenvalue weighted by atomic mass is 127. The molecule has 1 aromatic carbocycles. The Balaban J connectivity index is 2.89. The summed E-state index contributed by atoms with van der Waals surface area (Å²) >= 11 is 8.47. The minimum Gasteiger partial charge on any atom is -0.494 e. The number of aromatic nitrogens is 1. The van der Waals surface area contributed by atoms with E-state index in [2.05, 4.69) is 27.6 Å². The summed E-state index contributed by atoms with van der Waals surface area (Å²) in [6.07, 6.45) is 1.76. The lowest BCUT2D eigenvalue weighted by atomic mass is 10.1. The van der Waals surface area contributed by atoms with Gasteiger partial charge in [-0.15, -0.1) is 0 Å². The van der Waals surface area contributed by atoms with Crippen LogP contribution in [0.1, 0.15) is 5.56 Å². The van der Waals surface area contributed by atoms with Gasteiger partial charge in [0.2, 0.25) is 0 Å². The Bertz CT molecular complexity index is 527. The lowest BCUT2D eigenvalue weighted by Gasteiger charge is -2.08. The van der Waals surface area contributed by atoms with Crippen LogP contribution in [0.3, 0.4) is 0 Å². The molecule has 0 aliphatic rings. The number of pyridine rings is 1. The molecule has 0 radical (unpaired) electrons. The number of ether oxygens (including phenoxy) is 1. The highest BCUT2D eigenvalue weighted by molar-refractivity contribution is 14.1. The second-order valence-corrected chi connectivity index (χ2v) is 4.88. The van der Waals surface area contributed by atoms with Gasteiger partial charge in [0.05, 0.1) is 12.1 Å². The van der Waals surface area contributed by atoms with Gasteiger partial charge in [0.1, 0.15) is 11.3 Å². The van der Waals surface area contributed by atoms with E-state index in [1.54, 1.807) is 13.3 Å². The number of benzene rings is 1. The summed E-state index contributed by atoms with van der Waals surface area (Å²) in [5.74, 6) is 0.763. The SMILES string of the molecule is COc1cc(I)cc2c(Cl)c(C)cnc12. The largest absolute Gasteiger partial charge is 0.494 e. The van der Waals surface area contributed by atoms with E-state index in [1.807, 2.05) is 19.1 Å². The van der Waals surface area contributed by atoms with Crippen LogP contribution in [0.4, 0.5) is 0 Å². The zero-order chi connectivity index (χ0) is 11.0. The molecule has 15 heavy (non-hydrogen) atoms. The molecular formula is C11H9ClINO. The highest BCUT2D eigenvalue weighted by Crippen LogP contribution is 2.32. The van der Waals surface area contributed by atoms with Crippen molar-refractivity contribution in [2.45, 2.75) is 6.92 Å². The first-order chi connectivity index (χ1) is 7.13. The Hall–Kier alpha value is -0.550. The van der Waals surface area contributed by atoms with Crippen molar-refractivity contribution >= 4 is 45.1 Å². The second-order valence-electron chi connectivity index (χ2n) is 3.26. The molecule has 0 bridgehead atoms. The molecule has 1 heterocycles.